The summed E-state index contributed by atoms with van der Waals surface area (Å²) in [5.74, 6) is 0.745. The van der Waals surface area contributed by atoms with Gasteiger partial charge in [0.25, 0.3) is 0 Å². The van der Waals surface area contributed by atoms with Gasteiger partial charge in [0.2, 0.25) is 5.91 Å². The number of thiocarbonyl (C=S) groups is 1. The molecule has 1 amide bonds. The van der Waals surface area contributed by atoms with E-state index in [-0.39, 0.29) is 5.91 Å². The molecule has 0 aromatic heterocycles. The quantitative estimate of drug-likeness (QED) is 0.779. The molecule has 0 heterocycles. The maximum absolute atomic E-state index is 12.2. The third kappa shape index (κ3) is 3.91. The van der Waals surface area contributed by atoms with Crippen molar-refractivity contribution >= 4 is 23.1 Å². The highest BCUT2D eigenvalue weighted by Gasteiger charge is 2.35. The molecule has 2 fully saturated rings. The molecule has 0 saturated heterocycles. The smallest absolute Gasteiger partial charge is 0.221 e. The number of carbonyl (C=O) groups excluding carboxylic acids is 1. The first kappa shape index (κ1) is 14.8. The number of nitrogens with two attached hydrogens (primary N) is 1. The van der Waals surface area contributed by atoms with E-state index < -0.39 is 5.54 Å². The Kier molecular flexibility index (Phi) is 5.20. The fraction of sp³-hybridized carbons (Fsp3) is 0.867. The van der Waals surface area contributed by atoms with Crippen LogP contribution in [0.25, 0.3) is 0 Å². The molecule has 2 aliphatic rings. The molecule has 0 unspecified atom stereocenters. The topological polar surface area (TPSA) is 55.1 Å². The van der Waals surface area contributed by atoms with Gasteiger partial charge >= 0.3 is 0 Å². The average Bonchev–Trinajstić information content (AvgIpc) is 2.27. The lowest BCUT2D eigenvalue weighted by atomic mass is 9.81. The molecule has 0 aliphatic heterocycles. The van der Waals surface area contributed by atoms with Gasteiger partial charge in [-0.15, -0.1) is 0 Å². The average molecular weight is 282 g/mol. The zero-order chi connectivity index (χ0) is 13.7. The van der Waals surface area contributed by atoms with Gasteiger partial charge in [-0.25, -0.2) is 0 Å². The van der Waals surface area contributed by atoms with E-state index in [1.54, 1.807) is 0 Å². The highest BCUT2D eigenvalue weighted by Crippen LogP contribution is 2.31. The van der Waals surface area contributed by atoms with Crippen LogP contribution in [0.5, 0.6) is 0 Å². The lowest BCUT2D eigenvalue weighted by molar-refractivity contribution is -0.124. The van der Waals surface area contributed by atoms with Crippen LogP contribution in [0.15, 0.2) is 0 Å². The molecule has 2 rings (SSSR count). The van der Waals surface area contributed by atoms with Gasteiger partial charge < -0.3 is 11.1 Å². The van der Waals surface area contributed by atoms with Crippen molar-refractivity contribution in [3.05, 3.63) is 0 Å². The molecule has 3 N–H and O–H groups in total. The highest BCUT2D eigenvalue weighted by atomic mass is 32.1. The summed E-state index contributed by atoms with van der Waals surface area (Å²) in [4.78, 5) is 12.7. The molecule has 0 aromatic carbocycles. The lowest BCUT2D eigenvalue weighted by Crippen LogP contribution is -2.57. The van der Waals surface area contributed by atoms with Gasteiger partial charge in [-0.05, 0) is 31.6 Å². The summed E-state index contributed by atoms with van der Waals surface area (Å²) in [5, 5.41) is 3.19. The zero-order valence-corrected chi connectivity index (χ0v) is 12.6. The largest absolute Gasteiger partial charge is 0.391 e. The summed E-state index contributed by atoms with van der Waals surface area (Å²) in [6, 6.07) is 0. The van der Waals surface area contributed by atoms with E-state index >= 15 is 0 Å². The fourth-order valence-electron chi connectivity index (χ4n) is 3.22. The minimum absolute atomic E-state index is 0.151. The molecular formula is C15H26N2OS. The maximum atomic E-state index is 12.2. The van der Waals surface area contributed by atoms with Crippen molar-refractivity contribution in [1.82, 2.24) is 5.32 Å². The second-order valence-corrected chi connectivity index (χ2v) is 6.70. The first-order valence-corrected chi connectivity index (χ1v) is 8.14. The first-order valence-electron chi connectivity index (χ1n) is 7.73. The molecule has 0 aromatic rings. The van der Waals surface area contributed by atoms with Crippen LogP contribution in [0.2, 0.25) is 0 Å². The van der Waals surface area contributed by atoms with Crippen molar-refractivity contribution in [2.45, 2.75) is 76.2 Å². The van der Waals surface area contributed by atoms with Gasteiger partial charge in [0, 0.05) is 6.42 Å². The van der Waals surface area contributed by atoms with Crippen molar-refractivity contribution in [1.29, 1.82) is 0 Å². The number of rotatable bonds is 4. The van der Waals surface area contributed by atoms with Gasteiger partial charge in [0.1, 0.15) is 0 Å². The van der Waals surface area contributed by atoms with Gasteiger partial charge in [-0.2, -0.15) is 0 Å². The van der Waals surface area contributed by atoms with E-state index in [9.17, 15) is 4.79 Å². The van der Waals surface area contributed by atoms with Gasteiger partial charge in [0.05, 0.1) is 10.5 Å². The first-order chi connectivity index (χ1) is 9.12. The molecule has 0 spiro atoms. The molecule has 0 atom stereocenters. The minimum Gasteiger partial charge on any atom is -0.391 e. The summed E-state index contributed by atoms with van der Waals surface area (Å²) < 4.78 is 0. The van der Waals surface area contributed by atoms with E-state index in [4.69, 9.17) is 18.0 Å². The Morgan fingerprint density at radius 1 is 1.11 bits per heavy atom. The van der Waals surface area contributed by atoms with E-state index in [1.165, 1.54) is 38.5 Å². The molecule has 2 saturated carbocycles. The predicted molar refractivity (Wildman–Crippen MR) is 81.9 cm³/mol. The number of carbonyl (C=O) groups is 1. The Morgan fingerprint density at radius 2 is 1.68 bits per heavy atom. The van der Waals surface area contributed by atoms with Crippen molar-refractivity contribution < 1.29 is 4.79 Å². The number of hydrogen-bond acceptors (Lipinski definition) is 2. The Labute approximate surface area is 121 Å². The second kappa shape index (κ2) is 6.69. The molecule has 0 radical (unpaired) electrons. The summed E-state index contributed by atoms with van der Waals surface area (Å²) in [7, 11) is 0. The third-order valence-corrected chi connectivity index (χ3v) is 5.15. The van der Waals surface area contributed by atoms with Crippen LogP contribution < -0.4 is 11.1 Å². The molecule has 108 valence electrons. The number of nitrogens with one attached hydrogen (secondary N) is 1. The maximum Gasteiger partial charge on any atom is 0.221 e. The minimum atomic E-state index is -0.406. The van der Waals surface area contributed by atoms with E-state index in [2.05, 4.69) is 5.32 Å². The Morgan fingerprint density at radius 3 is 2.16 bits per heavy atom. The molecule has 2 aliphatic carbocycles. The van der Waals surface area contributed by atoms with Crippen LogP contribution in [0.3, 0.4) is 0 Å². The van der Waals surface area contributed by atoms with Crippen molar-refractivity contribution in [2.75, 3.05) is 0 Å². The Bertz CT molecular complexity index is 331. The van der Waals surface area contributed by atoms with Crippen LogP contribution in [0.1, 0.15) is 70.6 Å². The van der Waals surface area contributed by atoms with Gasteiger partial charge in [-0.1, -0.05) is 50.7 Å². The van der Waals surface area contributed by atoms with Crippen molar-refractivity contribution in [3.8, 4) is 0 Å². The standard InChI is InChI=1S/C15H26N2OS/c16-14(19)15(9-4-2-1-3-5-10-15)17-13(18)11-12-7-6-8-12/h12H,1-11H2,(H2,16,19)(H,17,18). The van der Waals surface area contributed by atoms with E-state index in [0.717, 1.165) is 25.7 Å². The molecule has 0 bridgehead atoms. The normalized spacial score (nSPS) is 23.8. The van der Waals surface area contributed by atoms with Crippen molar-refractivity contribution in [2.24, 2.45) is 11.7 Å². The summed E-state index contributed by atoms with van der Waals surface area (Å²) in [5.41, 5.74) is 5.56. The zero-order valence-electron chi connectivity index (χ0n) is 11.7. The summed E-state index contributed by atoms with van der Waals surface area (Å²) in [6.45, 7) is 0. The molecular weight excluding hydrogens is 256 g/mol. The third-order valence-electron chi connectivity index (χ3n) is 4.76. The van der Waals surface area contributed by atoms with Crippen LogP contribution in [0, 0.1) is 5.92 Å². The van der Waals surface area contributed by atoms with Gasteiger partial charge in [0.15, 0.2) is 0 Å². The molecule has 3 nitrogen and oxygen atoms in total. The number of amides is 1. The van der Waals surface area contributed by atoms with Crippen LogP contribution in [0.4, 0.5) is 0 Å². The van der Waals surface area contributed by atoms with E-state index in [0.29, 0.717) is 17.3 Å². The molecule has 4 heteroatoms. The predicted octanol–water partition coefficient (Wildman–Crippen LogP) is 3.06. The fourth-order valence-corrected chi connectivity index (χ4v) is 3.47. The van der Waals surface area contributed by atoms with Gasteiger partial charge in [-0.3, -0.25) is 4.79 Å². The number of hydrogen-bond donors (Lipinski definition) is 2. The highest BCUT2D eigenvalue weighted by molar-refractivity contribution is 7.80. The van der Waals surface area contributed by atoms with Crippen LogP contribution in [-0.4, -0.2) is 16.4 Å². The summed E-state index contributed by atoms with van der Waals surface area (Å²) in [6.07, 6.45) is 12.1. The van der Waals surface area contributed by atoms with Crippen LogP contribution in [-0.2, 0) is 4.79 Å². The van der Waals surface area contributed by atoms with Crippen LogP contribution >= 0.6 is 12.2 Å². The molecule has 19 heavy (non-hydrogen) atoms. The Balaban J connectivity index is 1.95. The summed E-state index contributed by atoms with van der Waals surface area (Å²) >= 11 is 5.27. The monoisotopic (exact) mass is 282 g/mol. The van der Waals surface area contributed by atoms with E-state index in [1.807, 2.05) is 0 Å². The SMILES string of the molecule is NC(=S)C1(NC(=O)CC2CCC2)CCCCCCC1. The lowest BCUT2D eigenvalue weighted by Gasteiger charge is -2.36. The second-order valence-electron chi connectivity index (χ2n) is 6.26. The Hall–Kier alpha value is -0.640. The van der Waals surface area contributed by atoms with Crippen molar-refractivity contribution in [3.63, 3.8) is 0 Å².